The Labute approximate surface area is 210 Å². The lowest BCUT2D eigenvalue weighted by Crippen LogP contribution is -2.46. The van der Waals surface area contributed by atoms with E-state index < -0.39 is 25.1 Å². The summed E-state index contributed by atoms with van der Waals surface area (Å²) in [6.45, 7) is 1.78. The summed E-state index contributed by atoms with van der Waals surface area (Å²) < 4.78 is 5.94. The molecular formula is C28H30BNO6. The number of imide groups is 1. The second-order valence-corrected chi connectivity index (χ2v) is 9.95. The number of fused-ring (bicyclic) bond motifs is 3. The van der Waals surface area contributed by atoms with Crippen LogP contribution in [0.4, 0.5) is 5.69 Å². The van der Waals surface area contributed by atoms with Crippen molar-refractivity contribution in [3.8, 4) is 5.75 Å². The highest BCUT2D eigenvalue weighted by molar-refractivity contribution is 6.43. The van der Waals surface area contributed by atoms with Gasteiger partial charge in [-0.15, -0.1) is 0 Å². The Morgan fingerprint density at radius 3 is 2.61 bits per heavy atom. The first-order valence-electron chi connectivity index (χ1n) is 12.4. The van der Waals surface area contributed by atoms with Gasteiger partial charge in [-0.05, 0) is 79.4 Å². The fourth-order valence-electron chi connectivity index (χ4n) is 6.07. The molecule has 2 heterocycles. The number of amides is 2. The van der Waals surface area contributed by atoms with E-state index in [2.05, 4.69) is 0 Å². The predicted molar refractivity (Wildman–Crippen MR) is 137 cm³/mol. The molecule has 2 saturated heterocycles. The molecule has 3 aliphatic rings. The van der Waals surface area contributed by atoms with Gasteiger partial charge in [0.15, 0.2) is 0 Å². The number of phenolic OH excluding ortho intramolecular Hbond substituents is 1. The Balaban J connectivity index is 1.41. The van der Waals surface area contributed by atoms with Gasteiger partial charge < -0.3 is 19.9 Å². The molecule has 0 bridgehead atoms. The Morgan fingerprint density at radius 2 is 1.89 bits per heavy atom. The quantitative estimate of drug-likeness (QED) is 0.327. The fourth-order valence-corrected chi connectivity index (χ4v) is 6.07. The summed E-state index contributed by atoms with van der Waals surface area (Å²) in [5, 5.41) is 30.6. The summed E-state index contributed by atoms with van der Waals surface area (Å²) in [6.07, 6.45) is 3.30. The van der Waals surface area contributed by atoms with Gasteiger partial charge in [0, 0.05) is 0 Å². The predicted octanol–water partition coefficient (Wildman–Crippen LogP) is 3.57. The van der Waals surface area contributed by atoms with Crippen LogP contribution in [0, 0.1) is 17.8 Å². The minimum absolute atomic E-state index is 0.202. The third kappa shape index (κ3) is 4.52. The van der Waals surface area contributed by atoms with E-state index in [1.54, 1.807) is 42.5 Å². The minimum atomic E-state index is -1.05. The van der Waals surface area contributed by atoms with Crippen LogP contribution in [0.25, 0.3) is 6.08 Å². The van der Waals surface area contributed by atoms with Crippen LogP contribution in [0.2, 0.25) is 6.32 Å². The first-order valence-corrected chi connectivity index (χ1v) is 12.4. The standard InChI is InChI=1S/C28H30BNO6/c1-17(12-18-6-5-9-21(32)13-18)10-11-24-25-19(16-31)14-22-26(23(25)15-29(35)36-24)28(34)30(27(22)33)20-7-3-2-4-8-20/h2-9,12-13,22-24,26,31-32,35H,10-11,14-16H2,1H3/b17-12+/t22-,23+,24-,26-/m1/s1. The molecule has 2 aromatic carbocycles. The van der Waals surface area contributed by atoms with Crippen LogP contribution in [0.5, 0.6) is 5.75 Å². The van der Waals surface area contributed by atoms with Gasteiger partial charge in [-0.25, -0.2) is 0 Å². The van der Waals surface area contributed by atoms with Crippen molar-refractivity contribution in [3.05, 3.63) is 76.9 Å². The van der Waals surface area contributed by atoms with Crippen molar-refractivity contribution in [1.29, 1.82) is 0 Å². The number of rotatable bonds is 6. The number of aromatic hydroxyl groups is 1. The summed E-state index contributed by atoms with van der Waals surface area (Å²) in [7, 11) is -1.05. The van der Waals surface area contributed by atoms with E-state index in [4.69, 9.17) is 4.65 Å². The first kappa shape index (κ1) is 24.5. The number of carbonyl (C=O) groups excluding carboxylic acids is 2. The first-order chi connectivity index (χ1) is 17.4. The number of allylic oxidation sites excluding steroid dienone is 1. The number of benzene rings is 2. The molecule has 7 nitrogen and oxygen atoms in total. The average molecular weight is 487 g/mol. The van der Waals surface area contributed by atoms with E-state index >= 15 is 0 Å². The van der Waals surface area contributed by atoms with E-state index in [0.29, 0.717) is 24.9 Å². The largest absolute Gasteiger partial charge is 0.508 e. The molecule has 2 aromatic rings. The lowest BCUT2D eigenvalue weighted by Gasteiger charge is -2.42. The molecule has 36 heavy (non-hydrogen) atoms. The van der Waals surface area contributed by atoms with Crippen LogP contribution in [-0.2, 0) is 14.2 Å². The fraction of sp³-hybridized carbons (Fsp3) is 0.357. The Bertz CT molecular complexity index is 1230. The maximum atomic E-state index is 13.6. The van der Waals surface area contributed by atoms with Gasteiger partial charge in [0.2, 0.25) is 11.8 Å². The highest BCUT2D eigenvalue weighted by Gasteiger charge is 2.57. The summed E-state index contributed by atoms with van der Waals surface area (Å²) in [4.78, 5) is 28.2. The monoisotopic (exact) mass is 487 g/mol. The zero-order chi connectivity index (χ0) is 25.4. The number of phenols is 1. The van der Waals surface area contributed by atoms with Crippen molar-refractivity contribution in [2.45, 2.75) is 38.6 Å². The molecule has 8 heteroatoms. The van der Waals surface area contributed by atoms with Gasteiger partial charge in [-0.3, -0.25) is 14.5 Å². The highest BCUT2D eigenvalue weighted by Crippen LogP contribution is 2.51. The molecule has 0 spiro atoms. The van der Waals surface area contributed by atoms with E-state index in [0.717, 1.165) is 22.3 Å². The van der Waals surface area contributed by atoms with Gasteiger partial charge in [0.05, 0.1) is 30.2 Å². The van der Waals surface area contributed by atoms with E-state index in [-0.39, 0.29) is 36.4 Å². The van der Waals surface area contributed by atoms with Crippen LogP contribution >= 0.6 is 0 Å². The third-order valence-corrected chi connectivity index (χ3v) is 7.60. The Morgan fingerprint density at radius 1 is 1.11 bits per heavy atom. The molecule has 0 unspecified atom stereocenters. The maximum absolute atomic E-state index is 13.6. The maximum Gasteiger partial charge on any atom is 0.455 e. The minimum Gasteiger partial charge on any atom is -0.508 e. The van der Waals surface area contributed by atoms with E-state index in [1.165, 1.54) is 4.90 Å². The summed E-state index contributed by atoms with van der Waals surface area (Å²) in [5.41, 5.74) is 4.12. The second-order valence-electron chi connectivity index (χ2n) is 9.95. The van der Waals surface area contributed by atoms with Crippen LogP contribution in [-0.4, -0.2) is 46.9 Å². The summed E-state index contributed by atoms with van der Waals surface area (Å²) in [5.74, 6) is -1.78. The van der Waals surface area contributed by atoms with Crippen molar-refractivity contribution >= 4 is 30.7 Å². The van der Waals surface area contributed by atoms with Gasteiger partial charge >= 0.3 is 7.12 Å². The number of carbonyl (C=O) groups is 2. The molecule has 2 fully saturated rings. The molecular weight excluding hydrogens is 457 g/mol. The third-order valence-electron chi connectivity index (χ3n) is 7.60. The lowest BCUT2D eigenvalue weighted by molar-refractivity contribution is -0.122. The van der Waals surface area contributed by atoms with Gasteiger partial charge in [-0.1, -0.05) is 42.0 Å². The normalized spacial score (nSPS) is 26.4. The molecule has 5 rings (SSSR count). The zero-order valence-corrected chi connectivity index (χ0v) is 20.2. The van der Waals surface area contributed by atoms with Crippen LogP contribution < -0.4 is 4.90 Å². The van der Waals surface area contributed by atoms with Crippen LogP contribution in [0.15, 0.2) is 71.3 Å². The topological polar surface area (TPSA) is 107 Å². The molecule has 0 saturated carbocycles. The SMILES string of the molecule is C/C(=C\c1cccc(O)c1)CC[C@H]1OB(O)C[C@H]2C1=C(CO)C[C@H]1C(=O)N(c3ccccc3)C(=O)[C@H]12. The molecule has 186 valence electrons. The van der Waals surface area contributed by atoms with Crippen molar-refractivity contribution in [3.63, 3.8) is 0 Å². The molecule has 2 amide bonds. The van der Waals surface area contributed by atoms with Crippen molar-refractivity contribution in [1.82, 2.24) is 0 Å². The van der Waals surface area contributed by atoms with E-state index in [1.807, 2.05) is 25.1 Å². The molecule has 2 aliphatic heterocycles. The number of hydrogen-bond donors (Lipinski definition) is 3. The Hall–Kier alpha value is -3.20. The smallest absolute Gasteiger partial charge is 0.455 e. The van der Waals surface area contributed by atoms with Crippen molar-refractivity contribution in [2.75, 3.05) is 11.5 Å². The van der Waals surface area contributed by atoms with Gasteiger partial charge in [0.1, 0.15) is 5.75 Å². The van der Waals surface area contributed by atoms with Crippen LogP contribution in [0.1, 0.15) is 31.7 Å². The average Bonchev–Trinajstić information content (AvgIpc) is 3.12. The number of nitrogens with zero attached hydrogens (tertiary/aromatic N) is 1. The van der Waals surface area contributed by atoms with E-state index in [9.17, 15) is 24.8 Å². The number of para-hydroxylation sites is 1. The van der Waals surface area contributed by atoms with Crippen LogP contribution in [0.3, 0.4) is 0 Å². The number of aliphatic hydroxyl groups excluding tert-OH is 1. The zero-order valence-electron chi connectivity index (χ0n) is 20.2. The molecule has 4 atom stereocenters. The number of hydrogen-bond acceptors (Lipinski definition) is 6. The van der Waals surface area contributed by atoms with Gasteiger partial charge in [-0.2, -0.15) is 0 Å². The van der Waals surface area contributed by atoms with Crippen molar-refractivity contribution < 1.29 is 29.5 Å². The van der Waals surface area contributed by atoms with Gasteiger partial charge in [0.25, 0.3) is 0 Å². The Kier molecular flexibility index (Phi) is 6.84. The lowest BCUT2D eigenvalue weighted by atomic mass is 9.58. The highest BCUT2D eigenvalue weighted by atomic mass is 16.5. The molecule has 0 aromatic heterocycles. The summed E-state index contributed by atoms with van der Waals surface area (Å²) >= 11 is 0. The molecule has 3 N–H and O–H groups in total. The molecule has 0 radical (unpaired) electrons. The second kappa shape index (κ2) is 10.0. The number of anilines is 1. The number of aliphatic hydroxyl groups is 1. The summed E-state index contributed by atoms with van der Waals surface area (Å²) in [6, 6.07) is 15.9. The molecule has 1 aliphatic carbocycles. The van der Waals surface area contributed by atoms with Crippen molar-refractivity contribution in [2.24, 2.45) is 17.8 Å².